The van der Waals surface area contributed by atoms with Crippen molar-refractivity contribution in [1.82, 2.24) is 15.0 Å². The number of benzene rings is 1. The van der Waals surface area contributed by atoms with E-state index in [-0.39, 0.29) is 11.8 Å². The third-order valence-electron chi connectivity index (χ3n) is 6.84. The van der Waals surface area contributed by atoms with Crippen LogP contribution in [0.4, 0.5) is 36.4 Å². The zero-order chi connectivity index (χ0) is 25.3. The molecule has 2 aromatic heterocycles. The molecule has 0 bridgehead atoms. The minimum absolute atomic E-state index is 0.0975. The van der Waals surface area contributed by atoms with Crippen molar-refractivity contribution >= 4 is 34.2 Å². The minimum Gasteiger partial charge on any atom is -0.399 e. The SMILES string of the molecule is COC1CCN(c2cc3c(NCCc4cc(N)cc(C(F)(F)F)c4)nc(N4CCC4)nc3cn2)CC1. The molecule has 4 heterocycles. The molecular formula is C25H30F3N7O. The van der Waals surface area contributed by atoms with Gasteiger partial charge in [-0.05, 0) is 55.5 Å². The van der Waals surface area contributed by atoms with E-state index in [1.807, 2.05) is 6.07 Å². The van der Waals surface area contributed by atoms with Gasteiger partial charge in [0.15, 0.2) is 0 Å². The van der Waals surface area contributed by atoms with Crippen LogP contribution in [-0.4, -0.2) is 60.9 Å². The molecule has 192 valence electrons. The van der Waals surface area contributed by atoms with E-state index in [0.717, 1.165) is 74.3 Å². The standard InChI is InChI=1S/C25H30F3N7O/c1-36-19-4-9-34(10-5-19)22-14-20-21(15-31-22)32-24(35-7-2-8-35)33-23(20)30-6-3-16-11-17(25(26,27)28)13-18(29)12-16/h11-15,19H,2-10,29H2,1H3,(H,30,32,33). The molecule has 0 aliphatic carbocycles. The number of alkyl halides is 3. The molecular weight excluding hydrogens is 471 g/mol. The van der Waals surface area contributed by atoms with Crippen molar-refractivity contribution < 1.29 is 17.9 Å². The molecule has 0 radical (unpaired) electrons. The summed E-state index contributed by atoms with van der Waals surface area (Å²) in [5.41, 5.74) is 6.33. The van der Waals surface area contributed by atoms with Crippen LogP contribution in [0.25, 0.3) is 10.9 Å². The Bertz CT molecular complexity index is 1220. The Morgan fingerprint density at radius 1 is 1.06 bits per heavy atom. The first-order chi connectivity index (χ1) is 17.3. The highest BCUT2D eigenvalue weighted by Crippen LogP contribution is 2.32. The van der Waals surface area contributed by atoms with E-state index < -0.39 is 11.7 Å². The molecule has 0 spiro atoms. The largest absolute Gasteiger partial charge is 0.416 e. The Morgan fingerprint density at radius 3 is 2.50 bits per heavy atom. The first-order valence-corrected chi connectivity index (χ1v) is 12.2. The number of nitrogens with zero attached hydrogens (tertiary/aromatic N) is 5. The number of methoxy groups -OCH3 is 1. The smallest absolute Gasteiger partial charge is 0.399 e. The van der Waals surface area contributed by atoms with Gasteiger partial charge in [0.25, 0.3) is 0 Å². The summed E-state index contributed by atoms with van der Waals surface area (Å²) in [4.78, 5) is 18.5. The quantitative estimate of drug-likeness (QED) is 0.468. The fourth-order valence-corrected chi connectivity index (χ4v) is 4.65. The lowest BCUT2D eigenvalue weighted by atomic mass is 10.1. The highest BCUT2D eigenvalue weighted by atomic mass is 19.4. The summed E-state index contributed by atoms with van der Waals surface area (Å²) >= 11 is 0. The van der Waals surface area contributed by atoms with Crippen LogP contribution in [-0.2, 0) is 17.3 Å². The molecule has 2 saturated heterocycles. The summed E-state index contributed by atoms with van der Waals surface area (Å²) in [5, 5.41) is 4.17. The molecule has 2 aliphatic heterocycles. The monoisotopic (exact) mass is 501 g/mol. The Morgan fingerprint density at radius 2 is 1.83 bits per heavy atom. The van der Waals surface area contributed by atoms with Crippen LogP contribution in [0.2, 0.25) is 0 Å². The van der Waals surface area contributed by atoms with E-state index in [4.69, 9.17) is 20.4 Å². The summed E-state index contributed by atoms with van der Waals surface area (Å²) in [5.74, 6) is 2.14. The van der Waals surface area contributed by atoms with Crippen molar-refractivity contribution in [1.29, 1.82) is 0 Å². The second-order valence-electron chi connectivity index (χ2n) is 9.33. The summed E-state index contributed by atoms with van der Waals surface area (Å²) in [6.45, 7) is 3.89. The maximum Gasteiger partial charge on any atom is 0.416 e. The highest BCUT2D eigenvalue weighted by Gasteiger charge is 2.31. The van der Waals surface area contributed by atoms with Crippen LogP contribution in [0, 0.1) is 0 Å². The molecule has 0 atom stereocenters. The van der Waals surface area contributed by atoms with Gasteiger partial charge in [-0.2, -0.15) is 18.2 Å². The normalized spacial score (nSPS) is 16.9. The van der Waals surface area contributed by atoms with Gasteiger partial charge in [0.05, 0.1) is 23.4 Å². The van der Waals surface area contributed by atoms with Gasteiger partial charge >= 0.3 is 6.18 Å². The fraction of sp³-hybridized carbons (Fsp3) is 0.480. The second kappa shape index (κ2) is 9.96. The topological polar surface area (TPSA) is 92.4 Å². The van der Waals surface area contributed by atoms with Crippen LogP contribution < -0.4 is 20.9 Å². The van der Waals surface area contributed by atoms with Crippen molar-refractivity contribution in [3.63, 3.8) is 0 Å². The predicted molar refractivity (Wildman–Crippen MR) is 134 cm³/mol. The van der Waals surface area contributed by atoms with Crippen molar-refractivity contribution in [2.75, 3.05) is 60.7 Å². The zero-order valence-corrected chi connectivity index (χ0v) is 20.2. The number of rotatable bonds is 7. The van der Waals surface area contributed by atoms with Crippen molar-refractivity contribution in [3.05, 3.63) is 41.6 Å². The number of hydrogen-bond donors (Lipinski definition) is 2. The van der Waals surface area contributed by atoms with Gasteiger partial charge in [-0.1, -0.05) is 0 Å². The van der Waals surface area contributed by atoms with Gasteiger partial charge < -0.3 is 25.6 Å². The first-order valence-electron chi connectivity index (χ1n) is 12.2. The van der Waals surface area contributed by atoms with Crippen LogP contribution in [0.1, 0.15) is 30.4 Å². The van der Waals surface area contributed by atoms with Crippen LogP contribution in [0.15, 0.2) is 30.5 Å². The van der Waals surface area contributed by atoms with Crippen LogP contribution in [0.5, 0.6) is 0 Å². The van der Waals surface area contributed by atoms with Gasteiger partial charge in [-0.15, -0.1) is 0 Å². The van der Waals surface area contributed by atoms with E-state index in [1.54, 1.807) is 19.4 Å². The molecule has 0 amide bonds. The molecule has 3 aromatic rings. The Kier molecular flexibility index (Phi) is 6.74. The maximum atomic E-state index is 13.2. The van der Waals surface area contributed by atoms with Crippen molar-refractivity contribution in [2.24, 2.45) is 0 Å². The number of piperidine rings is 1. The lowest BCUT2D eigenvalue weighted by Gasteiger charge is -2.32. The first kappa shape index (κ1) is 24.4. The van der Waals surface area contributed by atoms with Gasteiger partial charge in [0, 0.05) is 50.9 Å². The average molecular weight is 502 g/mol. The predicted octanol–water partition coefficient (Wildman–Crippen LogP) is 4.11. The molecule has 0 unspecified atom stereocenters. The lowest BCUT2D eigenvalue weighted by molar-refractivity contribution is -0.137. The summed E-state index contributed by atoms with van der Waals surface area (Å²) < 4.78 is 45.1. The third-order valence-corrected chi connectivity index (χ3v) is 6.84. The number of halogens is 3. The number of pyridine rings is 1. The summed E-state index contributed by atoms with van der Waals surface area (Å²) in [6.07, 6.45) is 0.935. The summed E-state index contributed by atoms with van der Waals surface area (Å²) in [7, 11) is 1.74. The molecule has 36 heavy (non-hydrogen) atoms. The number of aromatic nitrogens is 3. The molecule has 0 saturated carbocycles. The van der Waals surface area contributed by atoms with Gasteiger partial charge in [0.2, 0.25) is 5.95 Å². The Balaban J connectivity index is 1.39. The molecule has 8 nitrogen and oxygen atoms in total. The molecule has 3 N–H and O–H groups in total. The highest BCUT2D eigenvalue weighted by molar-refractivity contribution is 5.91. The minimum atomic E-state index is -4.44. The Hall–Kier alpha value is -3.34. The number of fused-ring (bicyclic) bond motifs is 1. The zero-order valence-electron chi connectivity index (χ0n) is 20.2. The van der Waals surface area contributed by atoms with Crippen LogP contribution in [0.3, 0.4) is 0 Å². The lowest BCUT2D eigenvalue weighted by Crippen LogP contribution is -2.38. The second-order valence-corrected chi connectivity index (χ2v) is 9.33. The number of ether oxygens (including phenoxy) is 1. The molecule has 2 fully saturated rings. The van der Waals surface area contributed by atoms with E-state index in [0.29, 0.717) is 30.3 Å². The van der Waals surface area contributed by atoms with E-state index in [1.165, 1.54) is 0 Å². The maximum absolute atomic E-state index is 13.2. The molecule has 2 aliphatic rings. The van der Waals surface area contributed by atoms with E-state index in [2.05, 4.69) is 20.1 Å². The number of hydrogen-bond acceptors (Lipinski definition) is 8. The fourth-order valence-electron chi connectivity index (χ4n) is 4.65. The Labute approximate surface area is 207 Å². The number of anilines is 4. The van der Waals surface area contributed by atoms with Gasteiger partial charge in [-0.3, -0.25) is 0 Å². The summed E-state index contributed by atoms with van der Waals surface area (Å²) in [6, 6.07) is 5.67. The van der Waals surface area contributed by atoms with Gasteiger partial charge in [0.1, 0.15) is 11.6 Å². The number of nitrogen functional groups attached to an aromatic ring is 1. The van der Waals surface area contributed by atoms with Crippen LogP contribution >= 0.6 is 0 Å². The van der Waals surface area contributed by atoms with E-state index in [9.17, 15) is 13.2 Å². The van der Waals surface area contributed by atoms with Gasteiger partial charge in [-0.25, -0.2) is 9.97 Å². The molecule has 5 rings (SSSR count). The third kappa shape index (κ3) is 5.25. The van der Waals surface area contributed by atoms with Crippen molar-refractivity contribution in [2.45, 2.75) is 38.0 Å². The number of nitrogens with two attached hydrogens (primary N) is 1. The van der Waals surface area contributed by atoms with Crippen molar-refractivity contribution in [3.8, 4) is 0 Å². The van der Waals surface area contributed by atoms with E-state index >= 15 is 0 Å². The molecule has 11 heteroatoms. The number of nitrogens with one attached hydrogen (secondary N) is 1. The average Bonchev–Trinajstić information content (AvgIpc) is 2.82. The molecule has 1 aromatic carbocycles.